The van der Waals surface area contributed by atoms with Gasteiger partial charge < -0.3 is 29.2 Å². The number of para-hydroxylation sites is 1. The van der Waals surface area contributed by atoms with E-state index in [1.54, 1.807) is 37.3 Å². The Hall–Kier alpha value is -4.11. The van der Waals surface area contributed by atoms with Crippen LogP contribution in [0.3, 0.4) is 0 Å². The highest BCUT2D eigenvalue weighted by molar-refractivity contribution is 7.52. The van der Waals surface area contributed by atoms with Crippen LogP contribution in [0.15, 0.2) is 48.8 Å². The van der Waals surface area contributed by atoms with Gasteiger partial charge in [0.05, 0.1) is 12.3 Å². The molecule has 2 aromatic heterocycles. The third kappa shape index (κ3) is 8.43. The van der Waals surface area contributed by atoms with Crippen molar-refractivity contribution in [1.82, 2.24) is 19.7 Å². The lowest BCUT2D eigenvalue weighted by Crippen LogP contribution is -2.52. The molecule has 3 aromatic rings. The molecule has 2 fully saturated rings. The molecular formula is C33H43FN5O10P. The number of hydrogen-bond donors (Lipinski definition) is 2. The first kappa shape index (κ1) is 37.2. The van der Waals surface area contributed by atoms with Crippen LogP contribution in [0.1, 0.15) is 77.5 Å². The molecule has 5 rings (SSSR count). The highest BCUT2D eigenvalue weighted by atomic mass is 31.2. The molecule has 0 radical (unpaired) electrons. The number of benzene rings is 1. The highest BCUT2D eigenvalue weighted by Crippen LogP contribution is 2.50. The van der Waals surface area contributed by atoms with E-state index in [1.165, 1.54) is 36.8 Å². The summed E-state index contributed by atoms with van der Waals surface area (Å²) >= 11 is 0. The van der Waals surface area contributed by atoms with Crippen molar-refractivity contribution in [3.63, 3.8) is 0 Å². The lowest BCUT2D eigenvalue weighted by molar-refractivity contribution is -0.174. The molecule has 1 saturated carbocycles. The van der Waals surface area contributed by atoms with Crippen LogP contribution in [-0.4, -0.2) is 75.7 Å². The molecule has 2 aliphatic rings. The van der Waals surface area contributed by atoms with Crippen molar-refractivity contribution in [2.45, 2.75) is 102 Å². The molecule has 1 aliphatic carbocycles. The summed E-state index contributed by atoms with van der Waals surface area (Å²) in [5, 5.41) is 6.85. The molecule has 17 heteroatoms. The fourth-order valence-electron chi connectivity index (χ4n) is 5.93. The van der Waals surface area contributed by atoms with Crippen LogP contribution in [0.25, 0.3) is 5.52 Å². The van der Waals surface area contributed by atoms with Gasteiger partial charge in [0.15, 0.2) is 23.6 Å². The molecule has 0 spiro atoms. The molecule has 6 atom stereocenters. The van der Waals surface area contributed by atoms with Gasteiger partial charge in [-0.25, -0.2) is 18.5 Å². The van der Waals surface area contributed by atoms with Crippen LogP contribution in [0.5, 0.6) is 5.75 Å². The van der Waals surface area contributed by atoms with Crippen LogP contribution in [-0.2, 0) is 42.4 Å². The number of carbonyl (C=O) groups excluding carboxylic acids is 3. The molecule has 272 valence electrons. The second-order valence-corrected chi connectivity index (χ2v) is 13.9. The Bertz CT molecular complexity index is 1690. The predicted octanol–water partition coefficient (Wildman–Crippen LogP) is 4.79. The summed E-state index contributed by atoms with van der Waals surface area (Å²) in [6.07, 6.45) is 0.882. The van der Waals surface area contributed by atoms with E-state index in [-0.39, 0.29) is 36.2 Å². The minimum atomic E-state index is -4.55. The number of esters is 3. The third-order valence-electron chi connectivity index (χ3n) is 8.60. The Morgan fingerprint density at radius 2 is 1.76 bits per heavy atom. The lowest BCUT2D eigenvalue weighted by Gasteiger charge is -2.33. The standard InChI is InChI=1S/C33H43FN5O10P/c1-4-26(40)46-29-28(24-16-17-25-31(35)36-20-37-39(24)25)48-33(18-34,30(29)47-27(41)5-2)19-44-50(43,49-23-14-10-7-11-15-23)38-21(3)32(42)45-22-12-8-6-9-13-22/h7,10-11,14-17,20-22,28-30H,4-6,8-9,12-13,18-19H2,1-3H3,(H,38,43)(H2,35,36,37)/t21-,28-,29-,30-,33+,50?/m0/s1. The van der Waals surface area contributed by atoms with E-state index in [0.29, 0.717) is 5.52 Å². The van der Waals surface area contributed by atoms with Gasteiger partial charge in [0.1, 0.15) is 42.5 Å². The fraction of sp³-hybridized carbons (Fsp3) is 0.545. The molecule has 15 nitrogen and oxygen atoms in total. The van der Waals surface area contributed by atoms with Crippen LogP contribution in [0.2, 0.25) is 0 Å². The summed E-state index contributed by atoms with van der Waals surface area (Å²) in [5.41, 5.74) is 4.51. The number of nitrogens with two attached hydrogens (primary N) is 1. The van der Waals surface area contributed by atoms with Crippen molar-refractivity contribution in [3.8, 4) is 5.75 Å². The Balaban J connectivity index is 1.49. The topological polar surface area (TPSA) is 192 Å². The largest absolute Gasteiger partial charge is 0.461 e. The van der Waals surface area contributed by atoms with Gasteiger partial charge in [0.2, 0.25) is 0 Å². The Labute approximate surface area is 288 Å². The van der Waals surface area contributed by atoms with Gasteiger partial charge >= 0.3 is 25.7 Å². The summed E-state index contributed by atoms with van der Waals surface area (Å²) in [6, 6.07) is 10.0. The van der Waals surface area contributed by atoms with Gasteiger partial charge in [0.25, 0.3) is 0 Å². The molecule has 0 amide bonds. The Morgan fingerprint density at radius 3 is 2.44 bits per heavy atom. The molecule has 1 aliphatic heterocycles. The molecule has 1 unspecified atom stereocenters. The Kier molecular flexibility index (Phi) is 12.1. The number of fused-ring (bicyclic) bond motifs is 1. The number of carbonyl (C=O) groups is 3. The number of hydrogen-bond acceptors (Lipinski definition) is 13. The van der Waals surface area contributed by atoms with E-state index in [0.717, 1.165) is 32.1 Å². The van der Waals surface area contributed by atoms with E-state index in [4.69, 9.17) is 33.7 Å². The molecule has 0 bridgehead atoms. The second kappa shape index (κ2) is 16.3. The van der Waals surface area contributed by atoms with Crippen molar-refractivity contribution >= 4 is 37.0 Å². The van der Waals surface area contributed by atoms with Gasteiger partial charge in [-0.2, -0.15) is 10.2 Å². The number of ether oxygens (including phenoxy) is 4. The zero-order valence-corrected chi connectivity index (χ0v) is 29.1. The zero-order chi connectivity index (χ0) is 35.9. The van der Waals surface area contributed by atoms with Gasteiger partial charge in [-0.15, -0.1) is 0 Å². The van der Waals surface area contributed by atoms with Crippen LogP contribution in [0, 0.1) is 0 Å². The SMILES string of the molecule is CCC(=O)O[C@H]1[C@H](c2ccc3c(N)ncnn23)O[C@](CF)(COP(=O)(N[C@@H](C)C(=O)OC2CCCCC2)Oc2ccccc2)[C@H]1OC(=O)CC. The molecule has 1 aromatic carbocycles. The average molecular weight is 720 g/mol. The van der Waals surface area contributed by atoms with Crippen molar-refractivity contribution in [2.24, 2.45) is 0 Å². The molecular weight excluding hydrogens is 676 g/mol. The highest BCUT2D eigenvalue weighted by Gasteiger charge is 2.61. The first-order valence-corrected chi connectivity index (χ1v) is 18.2. The number of alkyl halides is 1. The normalized spacial score (nSPS) is 24.3. The number of nitrogen functional groups attached to an aromatic ring is 1. The average Bonchev–Trinajstić information content (AvgIpc) is 3.68. The van der Waals surface area contributed by atoms with Gasteiger partial charge in [-0.3, -0.25) is 18.9 Å². The molecule has 3 heterocycles. The zero-order valence-electron chi connectivity index (χ0n) is 28.2. The van der Waals surface area contributed by atoms with E-state index in [2.05, 4.69) is 15.2 Å². The Morgan fingerprint density at radius 1 is 1.06 bits per heavy atom. The summed E-state index contributed by atoms with van der Waals surface area (Å²) in [7, 11) is -4.55. The predicted molar refractivity (Wildman–Crippen MR) is 176 cm³/mol. The monoisotopic (exact) mass is 719 g/mol. The summed E-state index contributed by atoms with van der Waals surface area (Å²) in [4.78, 5) is 42.6. The van der Waals surface area contributed by atoms with Crippen LogP contribution in [0.4, 0.5) is 10.2 Å². The van der Waals surface area contributed by atoms with Crippen molar-refractivity contribution in [3.05, 3.63) is 54.5 Å². The van der Waals surface area contributed by atoms with Gasteiger partial charge in [-0.05, 0) is 56.9 Å². The maximum absolute atomic E-state index is 15.6. The first-order valence-electron chi connectivity index (χ1n) is 16.7. The summed E-state index contributed by atoms with van der Waals surface area (Å²) in [5.74, 6) is -1.84. The minimum Gasteiger partial charge on any atom is -0.461 e. The number of nitrogens with zero attached hydrogens (tertiary/aromatic N) is 3. The van der Waals surface area contributed by atoms with Crippen LogP contribution >= 0.6 is 7.75 Å². The maximum atomic E-state index is 15.6. The van der Waals surface area contributed by atoms with Gasteiger partial charge in [0, 0.05) is 12.8 Å². The summed E-state index contributed by atoms with van der Waals surface area (Å²) in [6.45, 7) is 2.35. The van der Waals surface area contributed by atoms with Crippen molar-refractivity contribution in [2.75, 3.05) is 19.0 Å². The van der Waals surface area contributed by atoms with E-state index in [9.17, 15) is 18.9 Å². The minimum absolute atomic E-state index is 0.0559. The third-order valence-corrected chi connectivity index (χ3v) is 10.2. The number of aromatic nitrogens is 3. The van der Waals surface area contributed by atoms with Gasteiger partial charge in [-0.1, -0.05) is 38.5 Å². The van der Waals surface area contributed by atoms with Crippen molar-refractivity contribution in [1.29, 1.82) is 0 Å². The van der Waals surface area contributed by atoms with Crippen LogP contribution < -0.4 is 15.3 Å². The number of halogens is 1. The molecule has 1 saturated heterocycles. The first-order chi connectivity index (χ1) is 24.0. The molecule has 3 N–H and O–H groups in total. The van der Waals surface area contributed by atoms with E-state index in [1.807, 2.05) is 0 Å². The van der Waals surface area contributed by atoms with E-state index < -0.39 is 68.9 Å². The smallest absolute Gasteiger partial charge is 0.459 e. The molecule has 50 heavy (non-hydrogen) atoms. The fourth-order valence-corrected chi connectivity index (χ4v) is 7.47. The van der Waals surface area contributed by atoms with E-state index >= 15 is 4.39 Å². The summed E-state index contributed by atoms with van der Waals surface area (Å²) < 4.78 is 66.6. The maximum Gasteiger partial charge on any atom is 0.459 e. The number of rotatable bonds is 15. The van der Waals surface area contributed by atoms with Crippen molar-refractivity contribution < 1.29 is 51.3 Å². The second-order valence-electron chi connectivity index (χ2n) is 12.2. The number of anilines is 1. The number of nitrogens with one attached hydrogen (secondary N) is 1. The quantitative estimate of drug-likeness (QED) is 0.124. The lowest BCUT2D eigenvalue weighted by atomic mass is 9.95.